The van der Waals surface area contributed by atoms with Crippen LogP contribution in [0.1, 0.15) is 22.6 Å². The number of aromatic nitrogens is 2. The average molecular weight is 451 g/mol. The second kappa shape index (κ2) is 10.7. The molecule has 0 radical (unpaired) electrons. The fourth-order valence-electron chi connectivity index (χ4n) is 4.19. The quantitative estimate of drug-likeness (QED) is 0.568. The second-order valence-corrected chi connectivity index (χ2v) is 8.53. The van der Waals surface area contributed by atoms with Crippen molar-refractivity contribution in [3.05, 3.63) is 83.1 Å². The molecule has 174 valence electrons. The van der Waals surface area contributed by atoms with Crippen molar-refractivity contribution < 1.29 is 14.2 Å². The van der Waals surface area contributed by atoms with Crippen LogP contribution in [0.3, 0.4) is 0 Å². The van der Waals surface area contributed by atoms with Crippen molar-refractivity contribution in [3.8, 4) is 5.75 Å². The third kappa shape index (κ3) is 6.27. The lowest BCUT2D eigenvalue weighted by Crippen LogP contribution is -2.49. The molecule has 0 saturated carbocycles. The molecule has 0 spiro atoms. The third-order valence-corrected chi connectivity index (χ3v) is 5.92. The number of aryl methyl sites for hydroxylation is 2. The Balaban J connectivity index is 1.36. The van der Waals surface area contributed by atoms with Gasteiger partial charge in [0, 0.05) is 50.4 Å². The molecule has 1 saturated heterocycles. The number of hydrogen-bond donors (Lipinski definition) is 1. The van der Waals surface area contributed by atoms with Crippen LogP contribution in [0.5, 0.6) is 5.75 Å². The van der Waals surface area contributed by atoms with Crippen molar-refractivity contribution in [1.29, 1.82) is 0 Å². The van der Waals surface area contributed by atoms with Gasteiger partial charge in [0.2, 0.25) is 0 Å². The number of β-amino-alcohol motifs (C(OH)–C–C–N with tert-alkyl or cyclic N) is 1. The lowest BCUT2D eigenvalue weighted by molar-refractivity contribution is 0.0662. The summed E-state index contributed by atoms with van der Waals surface area (Å²) in [5.74, 6) is 2.24. The molecule has 33 heavy (non-hydrogen) atoms. The molecule has 3 aromatic rings. The highest BCUT2D eigenvalue weighted by Gasteiger charge is 2.23. The molecule has 1 N–H and O–H groups in total. The van der Waals surface area contributed by atoms with Gasteiger partial charge in [0.25, 0.3) is 0 Å². The number of anilines is 1. The lowest BCUT2D eigenvalue weighted by atomic mass is 10.0. The maximum Gasteiger partial charge on any atom is 0.136 e. The Labute approximate surface area is 194 Å². The molecule has 7 heteroatoms. The Morgan fingerprint density at radius 2 is 1.67 bits per heavy atom. The summed E-state index contributed by atoms with van der Waals surface area (Å²) in [7, 11) is 0. The Bertz CT molecular complexity index is 1040. The summed E-state index contributed by atoms with van der Waals surface area (Å²) in [6.07, 6.45) is 0.117. The maximum absolute atomic E-state index is 13.3. The summed E-state index contributed by atoms with van der Waals surface area (Å²) < 4.78 is 19.0. The first-order chi connectivity index (χ1) is 16.0. The predicted molar refractivity (Wildman–Crippen MR) is 127 cm³/mol. The van der Waals surface area contributed by atoms with Crippen LogP contribution in [-0.4, -0.2) is 65.4 Å². The van der Waals surface area contributed by atoms with Crippen LogP contribution in [0.2, 0.25) is 0 Å². The van der Waals surface area contributed by atoms with E-state index in [1.807, 2.05) is 56.3 Å². The van der Waals surface area contributed by atoms with E-state index in [1.54, 1.807) is 0 Å². The molecule has 2 heterocycles. The summed E-state index contributed by atoms with van der Waals surface area (Å²) in [6.45, 7) is 8.08. The van der Waals surface area contributed by atoms with Crippen LogP contribution in [0.4, 0.5) is 10.2 Å². The molecular formula is C26H31FN4O2. The fraction of sp³-hybridized carbons (Fsp3) is 0.385. The van der Waals surface area contributed by atoms with Crippen LogP contribution in [0.15, 0.2) is 54.6 Å². The lowest BCUT2D eigenvalue weighted by Gasteiger charge is -2.37. The van der Waals surface area contributed by atoms with Gasteiger partial charge in [-0.25, -0.2) is 14.4 Å². The van der Waals surface area contributed by atoms with E-state index in [0.29, 0.717) is 13.0 Å². The monoisotopic (exact) mass is 450 g/mol. The number of ether oxygens (including phenoxy) is 1. The molecule has 2 aromatic carbocycles. The van der Waals surface area contributed by atoms with Crippen LogP contribution in [0.25, 0.3) is 0 Å². The summed E-state index contributed by atoms with van der Waals surface area (Å²) in [5.41, 5.74) is 3.07. The molecule has 4 rings (SSSR count). The number of benzene rings is 2. The van der Waals surface area contributed by atoms with Gasteiger partial charge in [0.1, 0.15) is 35.9 Å². The number of para-hydroxylation sites is 1. The van der Waals surface area contributed by atoms with E-state index in [1.165, 1.54) is 12.1 Å². The topological polar surface area (TPSA) is 61.7 Å². The molecule has 1 unspecified atom stereocenters. The van der Waals surface area contributed by atoms with Gasteiger partial charge in [-0.1, -0.05) is 30.3 Å². The van der Waals surface area contributed by atoms with E-state index in [-0.39, 0.29) is 12.4 Å². The summed E-state index contributed by atoms with van der Waals surface area (Å²) >= 11 is 0. The molecule has 1 aromatic heterocycles. The smallest absolute Gasteiger partial charge is 0.136 e. The van der Waals surface area contributed by atoms with Crippen molar-refractivity contribution in [1.82, 2.24) is 14.9 Å². The molecule has 1 fully saturated rings. The number of hydrogen-bond acceptors (Lipinski definition) is 6. The van der Waals surface area contributed by atoms with Gasteiger partial charge < -0.3 is 14.7 Å². The highest BCUT2D eigenvalue weighted by atomic mass is 19.1. The first kappa shape index (κ1) is 23.1. The largest absolute Gasteiger partial charge is 0.491 e. The Morgan fingerprint density at radius 3 is 2.36 bits per heavy atom. The molecule has 1 aliphatic heterocycles. The maximum atomic E-state index is 13.3. The van der Waals surface area contributed by atoms with E-state index in [0.717, 1.165) is 60.4 Å². The van der Waals surface area contributed by atoms with E-state index in [4.69, 9.17) is 9.72 Å². The number of nitrogens with zero attached hydrogens (tertiary/aromatic N) is 4. The Hall–Kier alpha value is -3.03. The molecule has 0 aliphatic carbocycles. The fourth-order valence-corrected chi connectivity index (χ4v) is 4.19. The van der Waals surface area contributed by atoms with Gasteiger partial charge in [-0.15, -0.1) is 0 Å². The van der Waals surface area contributed by atoms with Gasteiger partial charge in [0.15, 0.2) is 0 Å². The van der Waals surface area contributed by atoms with Gasteiger partial charge in [-0.2, -0.15) is 0 Å². The average Bonchev–Trinajstić information content (AvgIpc) is 2.82. The van der Waals surface area contributed by atoms with Crippen molar-refractivity contribution in [2.45, 2.75) is 26.4 Å². The van der Waals surface area contributed by atoms with Crippen LogP contribution < -0.4 is 9.64 Å². The molecular weight excluding hydrogens is 419 g/mol. The van der Waals surface area contributed by atoms with Gasteiger partial charge >= 0.3 is 0 Å². The van der Waals surface area contributed by atoms with Crippen molar-refractivity contribution in [2.24, 2.45) is 0 Å². The SMILES string of the molecule is Cc1nc(C)c(Cc2ccc(F)cc2)c(N2CCN(CC(O)COc3ccccc3)CC2)n1. The normalized spacial score (nSPS) is 15.5. The molecule has 0 bridgehead atoms. The van der Waals surface area contributed by atoms with Gasteiger partial charge in [-0.3, -0.25) is 4.90 Å². The van der Waals surface area contributed by atoms with E-state index >= 15 is 0 Å². The van der Waals surface area contributed by atoms with Crippen LogP contribution in [0, 0.1) is 19.7 Å². The zero-order chi connectivity index (χ0) is 23.2. The number of aliphatic hydroxyl groups is 1. The Kier molecular flexibility index (Phi) is 7.52. The van der Waals surface area contributed by atoms with Crippen molar-refractivity contribution in [3.63, 3.8) is 0 Å². The number of rotatable bonds is 8. The van der Waals surface area contributed by atoms with Crippen molar-refractivity contribution in [2.75, 3.05) is 44.2 Å². The third-order valence-electron chi connectivity index (χ3n) is 5.92. The molecule has 6 nitrogen and oxygen atoms in total. The van der Waals surface area contributed by atoms with E-state index < -0.39 is 6.10 Å². The number of halogens is 1. The minimum Gasteiger partial charge on any atom is -0.491 e. The van der Waals surface area contributed by atoms with Gasteiger partial charge in [-0.05, 0) is 43.7 Å². The minimum absolute atomic E-state index is 0.233. The number of piperazine rings is 1. The highest BCUT2D eigenvalue weighted by Crippen LogP contribution is 2.25. The predicted octanol–water partition coefficient (Wildman–Crippen LogP) is 3.39. The minimum atomic E-state index is -0.547. The van der Waals surface area contributed by atoms with Crippen molar-refractivity contribution >= 4 is 5.82 Å². The molecule has 0 amide bonds. The van der Waals surface area contributed by atoms with E-state index in [9.17, 15) is 9.50 Å². The summed E-state index contributed by atoms with van der Waals surface area (Å²) in [5, 5.41) is 10.4. The summed E-state index contributed by atoms with van der Waals surface area (Å²) in [4.78, 5) is 13.9. The standard InChI is InChI=1S/C26H31FN4O2/c1-19-25(16-21-8-10-22(27)11-9-21)26(29-20(2)28-19)31-14-12-30(13-15-31)17-23(32)18-33-24-6-4-3-5-7-24/h3-11,23,32H,12-18H2,1-2H3. The molecule has 1 aliphatic rings. The van der Waals surface area contributed by atoms with E-state index in [2.05, 4.69) is 14.8 Å². The van der Waals surface area contributed by atoms with Gasteiger partial charge in [0.05, 0.1) is 0 Å². The first-order valence-electron chi connectivity index (χ1n) is 11.4. The second-order valence-electron chi connectivity index (χ2n) is 8.53. The zero-order valence-electron chi connectivity index (χ0n) is 19.2. The number of aliphatic hydroxyl groups excluding tert-OH is 1. The highest BCUT2D eigenvalue weighted by molar-refractivity contribution is 5.51. The first-order valence-corrected chi connectivity index (χ1v) is 11.4. The summed E-state index contributed by atoms with van der Waals surface area (Å²) in [6, 6.07) is 16.2. The van der Waals surface area contributed by atoms with Crippen LogP contribution >= 0.6 is 0 Å². The molecule has 1 atom stereocenters. The zero-order valence-corrected chi connectivity index (χ0v) is 19.2. The Morgan fingerprint density at radius 1 is 0.970 bits per heavy atom. The van der Waals surface area contributed by atoms with Crippen LogP contribution in [-0.2, 0) is 6.42 Å².